The molecule has 0 aliphatic heterocycles. The molecule has 0 radical (unpaired) electrons. The average molecular weight is 258 g/mol. The molecule has 0 saturated heterocycles. The van der Waals surface area contributed by atoms with Gasteiger partial charge in [0, 0.05) is 30.2 Å². The second-order valence-corrected chi connectivity index (χ2v) is 4.31. The first kappa shape index (κ1) is 13.3. The van der Waals surface area contributed by atoms with E-state index >= 15 is 0 Å². The molecule has 5 nitrogen and oxygen atoms in total. The Morgan fingerprint density at radius 2 is 2.26 bits per heavy atom. The summed E-state index contributed by atoms with van der Waals surface area (Å²) in [5.74, 6) is 0.0243. The molecule has 0 unspecified atom stereocenters. The first-order valence-corrected chi connectivity index (χ1v) is 6.38. The van der Waals surface area contributed by atoms with Crippen molar-refractivity contribution in [2.24, 2.45) is 5.73 Å². The molecule has 3 N–H and O–H groups in total. The van der Waals surface area contributed by atoms with Crippen molar-refractivity contribution in [1.29, 1.82) is 0 Å². The fraction of sp³-hybridized carbons (Fsp3) is 0.286. The Labute approximate surface area is 112 Å². The minimum atomic E-state index is 0.0243. The van der Waals surface area contributed by atoms with Crippen LogP contribution in [0.1, 0.15) is 19.3 Å². The van der Waals surface area contributed by atoms with Gasteiger partial charge in [0.25, 0.3) is 0 Å². The number of carbonyl (C=O) groups is 1. The van der Waals surface area contributed by atoms with Crippen LogP contribution >= 0.6 is 0 Å². The van der Waals surface area contributed by atoms with Crippen molar-refractivity contribution in [2.75, 3.05) is 11.9 Å². The third-order valence-corrected chi connectivity index (χ3v) is 2.79. The topological polar surface area (TPSA) is 72.9 Å². The summed E-state index contributed by atoms with van der Waals surface area (Å²) in [6.07, 6.45) is 7.51. The van der Waals surface area contributed by atoms with Crippen LogP contribution in [0.4, 0.5) is 5.69 Å². The second-order valence-electron chi connectivity index (χ2n) is 4.31. The molecule has 19 heavy (non-hydrogen) atoms. The number of carbonyl (C=O) groups excluding carboxylic acids is 1. The first-order valence-electron chi connectivity index (χ1n) is 6.38. The van der Waals surface area contributed by atoms with Crippen molar-refractivity contribution < 1.29 is 4.79 Å². The van der Waals surface area contributed by atoms with Gasteiger partial charge in [-0.3, -0.25) is 4.79 Å². The molecule has 0 bridgehead atoms. The summed E-state index contributed by atoms with van der Waals surface area (Å²) in [4.78, 5) is 15.7. The fourth-order valence-electron chi connectivity index (χ4n) is 1.81. The molecule has 1 aromatic heterocycles. The number of anilines is 1. The van der Waals surface area contributed by atoms with Crippen LogP contribution in [0.5, 0.6) is 0 Å². The van der Waals surface area contributed by atoms with Gasteiger partial charge in [-0.25, -0.2) is 4.98 Å². The lowest BCUT2D eigenvalue weighted by Crippen LogP contribution is -2.12. The van der Waals surface area contributed by atoms with E-state index in [-0.39, 0.29) is 5.91 Å². The number of imidazole rings is 1. The molecule has 1 aromatic carbocycles. The van der Waals surface area contributed by atoms with Gasteiger partial charge in [-0.05, 0) is 37.6 Å². The molecule has 0 aliphatic rings. The molecular formula is C14H18N4O. The molecule has 100 valence electrons. The first-order chi connectivity index (χ1) is 9.29. The van der Waals surface area contributed by atoms with E-state index in [0.717, 1.165) is 24.2 Å². The van der Waals surface area contributed by atoms with E-state index in [1.165, 1.54) is 0 Å². The Hall–Kier alpha value is -2.14. The number of benzene rings is 1. The van der Waals surface area contributed by atoms with E-state index in [1.807, 2.05) is 35.0 Å². The molecule has 2 aromatic rings. The Morgan fingerprint density at radius 3 is 3.00 bits per heavy atom. The van der Waals surface area contributed by atoms with Crippen molar-refractivity contribution in [2.45, 2.75) is 19.3 Å². The highest BCUT2D eigenvalue weighted by atomic mass is 16.1. The Bertz CT molecular complexity index is 522. The number of nitrogens with zero attached hydrogens (tertiary/aromatic N) is 2. The van der Waals surface area contributed by atoms with Gasteiger partial charge in [0.1, 0.15) is 0 Å². The van der Waals surface area contributed by atoms with Crippen LogP contribution < -0.4 is 11.1 Å². The third-order valence-electron chi connectivity index (χ3n) is 2.79. The Morgan fingerprint density at radius 1 is 1.37 bits per heavy atom. The number of hydrogen-bond donors (Lipinski definition) is 2. The van der Waals surface area contributed by atoms with E-state index in [9.17, 15) is 4.79 Å². The fourth-order valence-corrected chi connectivity index (χ4v) is 1.81. The molecular weight excluding hydrogens is 240 g/mol. The average Bonchev–Trinajstić information content (AvgIpc) is 2.93. The van der Waals surface area contributed by atoms with Gasteiger partial charge in [0.2, 0.25) is 5.91 Å². The lowest BCUT2D eigenvalue weighted by Gasteiger charge is -2.07. The number of amides is 1. The summed E-state index contributed by atoms with van der Waals surface area (Å²) in [6.45, 7) is 0.628. The van der Waals surface area contributed by atoms with E-state index in [1.54, 1.807) is 12.5 Å². The van der Waals surface area contributed by atoms with Gasteiger partial charge >= 0.3 is 0 Å². The third kappa shape index (κ3) is 3.93. The summed E-state index contributed by atoms with van der Waals surface area (Å²) in [7, 11) is 0. The maximum atomic E-state index is 11.7. The number of hydrogen-bond acceptors (Lipinski definition) is 3. The zero-order chi connectivity index (χ0) is 13.5. The number of aromatic nitrogens is 2. The van der Waals surface area contributed by atoms with E-state index in [4.69, 9.17) is 5.73 Å². The minimum Gasteiger partial charge on any atom is -0.330 e. The zero-order valence-electron chi connectivity index (χ0n) is 10.7. The zero-order valence-corrected chi connectivity index (χ0v) is 10.7. The summed E-state index contributed by atoms with van der Waals surface area (Å²) in [5, 5.41) is 2.89. The van der Waals surface area contributed by atoms with Crippen LogP contribution in [0.3, 0.4) is 0 Å². The van der Waals surface area contributed by atoms with Crippen LogP contribution in [0.2, 0.25) is 0 Å². The largest absolute Gasteiger partial charge is 0.330 e. The smallest absolute Gasteiger partial charge is 0.224 e. The summed E-state index contributed by atoms with van der Waals surface area (Å²) in [6, 6.07) is 7.67. The molecule has 0 atom stereocenters. The van der Waals surface area contributed by atoms with Gasteiger partial charge in [-0.2, -0.15) is 0 Å². The van der Waals surface area contributed by atoms with Crippen LogP contribution in [0.15, 0.2) is 43.0 Å². The molecule has 0 fully saturated rings. The number of unbranched alkanes of at least 4 members (excludes halogenated alkanes) is 1. The van der Waals surface area contributed by atoms with Gasteiger partial charge in [-0.15, -0.1) is 0 Å². The van der Waals surface area contributed by atoms with Gasteiger partial charge in [-0.1, -0.05) is 6.07 Å². The molecule has 0 aliphatic carbocycles. The molecule has 0 spiro atoms. The van der Waals surface area contributed by atoms with E-state index in [0.29, 0.717) is 13.0 Å². The van der Waals surface area contributed by atoms with Crippen LogP contribution in [0, 0.1) is 0 Å². The number of nitrogens with two attached hydrogens (primary N) is 1. The highest BCUT2D eigenvalue weighted by Crippen LogP contribution is 2.14. The van der Waals surface area contributed by atoms with Crippen molar-refractivity contribution in [3.8, 4) is 5.69 Å². The Balaban J connectivity index is 1.97. The van der Waals surface area contributed by atoms with Crippen molar-refractivity contribution in [1.82, 2.24) is 9.55 Å². The van der Waals surface area contributed by atoms with Crippen LogP contribution in [-0.4, -0.2) is 22.0 Å². The Kier molecular flexibility index (Phi) is 4.69. The molecule has 1 heterocycles. The lowest BCUT2D eigenvalue weighted by atomic mass is 10.2. The standard InChI is InChI=1S/C14H18N4O/c15-7-2-1-6-14(19)17-12-4-3-5-13(10-12)18-9-8-16-11-18/h3-5,8-11H,1-2,6-7,15H2,(H,17,19). The van der Waals surface area contributed by atoms with Crippen LogP contribution in [0.25, 0.3) is 5.69 Å². The molecule has 1 amide bonds. The van der Waals surface area contributed by atoms with E-state index in [2.05, 4.69) is 10.3 Å². The second kappa shape index (κ2) is 6.70. The summed E-state index contributed by atoms with van der Waals surface area (Å²) in [5.41, 5.74) is 7.17. The van der Waals surface area contributed by atoms with Crippen molar-refractivity contribution in [3.05, 3.63) is 43.0 Å². The maximum absolute atomic E-state index is 11.7. The highest BCUT2D eigenvalue weighted by molar-refractivity contribution is 5.90. The predicted octanol–water partition coefficient (Wildman–Crippen LogP) is 1.94. The SMILES string of the molecule is NCCCCC(=O)Nc1cccc(-n2ccnc2)c1. The van der Waals surface area contributed by atoms with E-state index < -0.39 is 0 Å². The monoisotopic (exact) mass is 258 g/mol. The summed E-state index contributed by atoms with van der Waals surface area (Å²) >= 11 is 0. The maximum Gasteiger partial charge on any atom is 0.224 e. The lowest BCUT2D eigenvalue weighted by molar-refractivity contribution is -0.116. The number of nitrogens with one attached hydrogen (secondary N) is 1. The predicted molar refractivity (Wildman–Crippen MR) is 75.1 cm³/mol. The van der Waals surface area contributed by atoms with Crippen LogP contribution in [-0.2, 0) is 4.79 Å². The van der Waals surface area contributed by atoms with Gasteiger partial charge in [0.05, 0.1) is 6.33 Å². The van der Waals surface area contributed by atoms with Crippen molar-refractivity contribution >= 4 is 11.6 Å². The number of rotatable bonds is 6. The molecule has 2 rings (SSSR count). The van der Waals surface area contributed by atoms with Gasteiger partial charge in [0.15, 0.2) is 0 Å². The molecule has 0 saturated carbocycles. The van der Waals surface area contributed by atoms with Gasteiger partial charge < -0.3 is 15.6 Å². The summed E-state index contributed by atoms with van der Waals surface area (Å²) < 4.78 is 1.89. The van der Waals surface area contributed by atoms with Crippen molar-refractivity contribution in [3.63, 3.8) is 0 Å². The highest BCUT2D eigenvalue weighted by Gasteiger charge is 2.03. The molecule has 5 heteroatoms. The normalized spacial score (nSPS) is 10.4. The quantitative estimate of drug-likeness (QED) is 0.778. The minimum absolute atomic E-state index is 0.0243.